The van der Waals surface area contributed by atoms with Crippen molar-refractivity contribution < 1.29 is 9.21 Å². The Morgan fingerprint density at radius 1 is 1.06 bits per heavy atom. The third-order valence-corrected chi connectivity index (χ3v) is 7.02. The molecule has 36 heavy (non-hydrogen) atoms. The van der Waals surface area contributed by atoms with Crippen molar-refractivity contribution in [2.45, 2.75) is 19.9 Å². The molecule has 7 nitrogen and oxygen atoms in total. The van der Waals surface area contributed by atoms with Crippen molar-refractivity contribution in [1.82, 2.24) is 4.57 Å². The van der Waals surface area contributed by atoms with E-state index in [2.05, 4.69) is 10.3 Å². The molecule has 182 valence electrons. The van der Waals surface area contributed by atoms with Crippen LogP contribution in [-0.2, 0) is 4.79 Å². The lowest BCUT2D eigenvalue weighted by atomic mass is 10.00. The highest BCUT2D eigenvalue weighted by atomic mass is 32.1. The average Bonchev–Trinajstić information content (AvgIpc) is 3.42. The molecule has 3 heterocycles. The van der Waals surface area contributed by atoms with Crippen LogP contribution in [0.1, 0.15) is 30.0 Å². The molecule has 1 aliphatic heterocycles. The Kier molecular flexibility index (Phi) is 6.20. The van der Waals surface area contributed by atoms with Gasteiger partial charge in [-0.15, -0.1) is 0 Å². The van der Waals surface area contributed by atoms with Gasteiger partial charge in [-0.25, -0.2) is 4.99 Å². The molecule has 2 aromatic heterocycles. The summed E-state index contributed by atoms with van der Waals surface area (Å²) in [6.45, 7) is 3.63. The maximum Gasteiger partial charge on any atom is 0.271 e. The highest BCUT2D eigenvalue weighted by molar-refractivity contribution is 7.07. The quantitative estimate of drug-likeness (QED) is 0.454. The molecule has 0 bridgehead atoms. The highest BCUT2D eigenvalue weighted by Gasteiger charge is 2.34. The van der Waals surface area contributed by atoms with Crippen LogP contribution in [-0.4, -0.2) is 24.6 Å². The number of carbonyl (C=O) groups is 1. The molecule has 1 atom stereocenters. The van der Waals surface area contributed by atoms with Gasteiger partial charge in [0.15, 0.2) is 4.80 Å². The number of fused-ring (bicyclic) bond motifs is 1. The first-order valence-corrected chi connectivity index (χ1v) is 12.4. The summed E-state index contributed by atoms with van der Waals surface area (Å²) in [7, 11) is 3.97. The second kappa shape index (κ2) is 9.47. The highest BCUT2D eigenvalue weighted by Crippen LogP contribution is 2.31. The van der Waals surface area contributed by atoms with Crippen molar-refractivity contribution in [3.8, 4) is 0 Å². The van der Waals surface area contributed by atoms with Crippen molar-refractivity contribution in [2.75, 3.05) is 24.3 Å². The summed E-state index contributed by atoms with van der Waals surface area (Å²) in [4.78, 5) is 34.4. The molecular weight excluding hydrogens is 472 g/mol. The molecular formula is C28H26N4O3S. The topological polar surface area (TPSA) is 79.8 Å². The van der Waals surface area contributed by atoms with E-state index in [-0.39, 0.29) is 11.5 Å². The lowest BCUT2D eigenvalue weighted by molar-refractivity contribution is -0.113. The van der Waals surface area contributed by atoms with Gasteiger partial charge in [0.05, 0.1) is 15.8 Å². The molecule has 1 N–H and O–H groups in total. The van der Waals surface area contributed by atoms with Crippen molar-refractivity contribution in [1.29, 1.82) is 0 Å². The number of para-hydroxylation sites is 1. The standard InChI is InChI=1S/C28H26N4O3S/c1-17-10-15-22(35-17)25-24(26(33)30-20-8-6-5-7-9-20)18(2)29-28-32(25)27(34)23(36-28)16-19-11-13-21(14-12-19)31(3)4/h5-16,25H,1-4H3,(H,30,33)/b23-16+/t25-/m1/s1. The van der Waals surface area contributed by atoms with Crippen molar-refractivity contribution in [3.63, 3.8) is 0 Å². The molecule has 0 saturated carbocycles. The number of aryl methyl sites for hydroxylation is 1. The van der Waals surface area contributed by atoms with Gasteiger partial charge in [0.2, 0.25) is 0 Å². The van der Waals surface area contributed by atoms with Crippen LogP contribution in [0.5, 0.6) is 0 Å². The molecule has 2 aromatic carbocycles. The third kappa shape index (κ3) is 4.43. The summed E-state index contributed by atoms with van der Waals surface area (Å²) >= 11 is 1.30. The number of nitrogens with one attached hydrogen (secondary N) is 1. The van der Waals surface area contributed by atoms with Crippen LogP contribution < -0.4 is 25.1 Å². The molecule has 0 aliphatic carbocycles. The predicted octanol–water partition coefficient (Wildman–Crippen LogP) is 3.84. The number of rotatable bonds is 5. The van der Waals surface area contributed by atoms with Crippen LogP contribution in [0.3, 0.4) is 0 Å². The van der Waals surface area contributed by atoms with Crippen LogP contribution in [0.2, 0.25) is 0 Å². The van der Waals surface area contributed by atoms with Gasteiger partial charge in [-0.1, -0.05) is 41.7 Å². The Hall–Kier alpha value is -4.17. The largest absolute Gasteiger partial charge is 0.464 e. The predicted molar refractivity (Wildman–Crippen MR) is 143 cm³/mol. The number of amides is 1. The van der Waals surface area contributed by atoms with E-state index in [1.54, 1.807) is 11.5 Å². The summed E-state index contributed by atoms with van der Waals surface area (Å²) in [5, 5.41) is 2.94. The lowest BCUT2D eigenvalue weighted by Gasteiger charge is -2.23. The molecule has 4 aromatic rings. The number of anilines is 2. The zero-order valence-corrected chi connectivity index (χ0v) is 21.3. The number of aromatic nitrogens is 1. The third-order valence-electron chi connectivity index (χ3n) is 6.04. The number of hydrogen-bond donors (Lipinski definition) is 1. The summed E-state index contributed by atoms with van der Waals surface area (Å²) in [6.07, 6.45) is 1.86. The van der Waals surface area contributed by atoms with E-state index in [9.17, 15) is 9.59 Å². The Morgan fingerprint density at radius 2 is 1.78 bits per heavy atom. The van der Waals surface area contributed by atoms with Gasteiger partial charge in [-0.05, 0) is 61.9 Å². The normalized spacial score (nSPS) is 15.4. The first-order valence-electron chi connectivity index (χ1n) is 11.5. The second-order valence-corrected chi connectivity index (χ2v) is 9.85. The van der Waals surface area contributed by atoms with Crippen molar-refractivity contribution in [3.05, 3.63) is 115 Å². The summed E-state index contributed by atoms with van der Waals surface area (Å²) < 4.78 is 8.06. The minimum Gasteiger partial charge on any atom is -0.464 e. The molecule has 0 radical (unpaired) electrons. The molecule has 0 spiro atoms. The number of nitrogens with zero attached hydrogens (tertiary/aromatic N) is 3. The van der Waals surface area contributed by atoms with E-state index in [0.29, 0.717) is 37.8 Å². The average molecular weight is 499 g/mol. The molecule has 1 amide bonds. The van der Waals surface area contributed by atoms with E-state index in [4.69, 9.17) is 4.42 Å². The Labute approximate surface area is 212 Å². The summed E-state index contributed by atoms with van der Waals surface area (Å²) in [5.74, 6) is 0.892. The fourth-order valence-electron chi connectivity index (χ4n) is 4.22. The maximum absolute atomic E-state index is 13.7. The van der Waals surface area contributed by atoms with Gasteiger partial charge in [-0.3, -0.25) is 14.2 Å². The SMILES string of the molecule is CC1=C(C(=O)Nc2ccccc2)[C@@H](c2ccc(C)o2)n2c(s/c(=C/c3ccc(N(C)C)cc3)c2=O)=N1. The molecule has 0 unspecified atom stereocenters. The first kappa shape index (κ1) is 23.6. The van der Waals surface area contributed by atoms with Gasteiger partial charge >= 0.3 is 0 Å². The molecule has 5 rings (SSSR count). The van der Waals surface area contributed by atoms with E-state index >= 15 is 0 Å². The fraction of sp³-hybridized carbons (Fsp3) is 0.179. The first-order chi connectivity index (χ1) is 17.3. The van der Waals surface area contributed by atoms with Crippen LogP contribution in [0.4, 0.5) is 11.4 Å². The zero-order chi connectivity index (χ0) is 25.4. The number of furan rings is 1. The van der Waals surface area contributed by atoms with Gasteiger partial charge in [-0.2, -0.15) is 0 Å². The van der Waals surface area contributed by atoms with Crippen LogP contribution in [0.15, 0.2) is 92.2 Å². The van der Waals surface area contributed by atoms with Gasteiger partial charge in [0.1, 0.15) is 17.6 Å². The second-order valence-electron chi connectivity index (χ2n) is 8.84. The van der Waals surface area contributed by atoms with E-state index < -0.39 is 6.04 Å². The maximum atomic E-state index is 13.7. The minimum absolute atomic E-state index is 0.216. The number of allylic oxidation sites excluding steroid dienone is 1. The molecule has 8 heteroatoms. The monoisotopic (exact) mass is 498 g/mol. The summed E-state index contributed by atoms with van der Waals surface area (Å²) in [6, 6.07) is 20.1. The molecule has 0 saturated heterocycles. The van der Waals surface area contributed by atoms with E-state index in [0.717, 1.165) is 11.3 Å². The van der Waals surface area contributed by atoms with Crippen LogP contribution in [0, 0.1) is 6.92 Å². The van der Waals surface area contributed by atoms with Gasteiger partial charge < -0.3 is 14.6 Å². The summed E-state index contributed by atoms with van der Waals surface area (Å²) in [5.41, 5.74) is 3.36. The fourth-order valence-corrected chi connectivity index (χ4v) is 5.27. The number of hydrogen-bond acceptors (Lipinski definition) is 6. The Bertz CT molecular complexity index is 1640. The Balaban J connectivity index is 1.63. The molecule has 0 fully saturated rings. The van der Waals surface area contributed by atoms with Crippen molar-refractivity contribution in [2.24, 2.45) is 4.99 Å². The van der Waals surface area contributed by atoms with Crippen LogP contribution >= 0.6 is 11.3 Å². The number of carbonyl (C=O) groups excluding carboxylic acids is 1. The van der Waals surface area contributed by atoms with E-state index in [1.807, 2.05) is 98.7 Å². The lowest BCUT2D eigenvalue weighted by Crippen LogP contribution is -2.40. The minimum atomic E-state index is -0.725. The Morgan fingerprint density at radius 3 is 2.42 bits per heavy atom. The van der Waals surface area contributed by atoms with Crippen molar-refractivity contribution >= 4 is 34.7 Å². The number of benzene rings is 2. The smallest absolute Gasteiger partial charge is 0.271 e. The molecule has 1 aliphatic rings. The number of thiazole rings is 1. The van der Waals surface area contributed by atoms with E-state index in [1.165, 1.54) is 11.3 Å². The van der Waals surface area contributed by atoms with Gasteiger partial charge in [0.25, 0.3) is 11.5 Å². The van der Waals surface area contributed by atoms with Crippen LogP contribution in [0.25, 0.3) is 6.08 Å². The zero-order valence-electron chi connectivity index (χ0n) is 20.5. The van der Waals surface area contributed by atoms with Gasteiger partial charge in [0, 0.05) is 25.5 Å².